The second-order valence-electron chi connectivity index (χ2n) is 7.62. The van der Waals surface area contributed by atoms with Crippen molar-refractivity contribution >= 4 is 17.5 Å². The minimum atomic E-state index is -0.323. The molecule has 4 aromatic rings. The number of likely N-dealkylation sites (N-methyl/N-ethyl adjacent to an activating group) is 1. The monoisotopic (exact) mass is 428 g/mol. The number of amides is 2. The summed E-state index contributed by atoms with van der Waals surface area (Å²) in [6.07, 6.45) is 1.56. The molecular weight excluding hydrogens is 404 g/mol. The van der Waals surface area contributed by atoms with Crippen LogP contribution in [0.1, 0.15) is 21.6 Å². The van der Waals surface area contributed by atoms with Gasteiger partial charge in [-0.05, 0) is 49.2 Å². The quantitative estimate of drug-likeness (QED) is 0.492. The molecule has 1 N–H and O–H groups in total. The molecule has 0 saturated carbocycles. The Hall–Kier alpha value is -4.13. The van der Waals surface area contributed by atoms with E-state index in [4.69, 9.17) is 4.42 Å². The molecule has 0 unspecified atom stereocenters. The van der Waals surface area contributed by atoms with Gasteiger partial charge in [-0.2, -0.15) is 5.10 Å². The van der Waals surface area contributed by atoms with Gasteiger partial charge in [-0.25, -0.2) is 4.68 Å². The average Bonchev–Trinajstić information content (AvgIpc) is 3.46. The highest BCUT2D eigenvalue weighted by molar-refractivity contribution is 5.99. The van der Waals surface area contributed by atoms with Crippen LogP contribution in [0.2, 0.25) is 0 Å². The highest BCUT2D eigenvalue weighted by Crippen LogP contribution is 2.23. The first-order chi connectivity index (χ1) is 15.4. The summed E-state index contributed by atoms with van der Waals surface area (Å²) in [6, 6.07) is 20.4. The van der Waals surface area contributed by atoms with E-state index in [1.165, 1.54) is 4.90 Å². The number of para-hydroxylation sites is 2. The fraction of sp³-hybridized carbons (Fsp3) is 0.160. The Morgan fingerprint density at radius 3 is 2.38 bits per heavy atom. The van der Waals surface area contributed by atoms with Gasteiger partial charge in [-0.1, -0.05) is 36.4 Å². The molecule has 0 bridgehead atoms. The number of carbonyl (C=O) groups excluding carboxylic acids is 2. The van der Waals surface area contributed by atoms with Crippen LogP contribution in [0, 0.1) is 13.8 Å². The maximum atomic E-state index is 13.3. The molecule has 0 aliphatic rings. The lowest BCUT2D eigenvalue weighted by molar-refractivity contribution is -0.116. The van der Waals surface area contributed by atoms with Gasteiger partial charge in [0.2, 0.25) is 5.91 Å². The predicted octanol–water partition coefficient (Wildman–Crippen LogP) is 4.46. The van der Waals surface area contributed by atoms with Crippen LogP contribution < -0.4 is 5.32 Å². The van der Waals surface area contributed by atoms with Gasteiger partial charge in [0, 0.05) is 18.8 Å². The number of hydrogen-bond donors (Lipinski definition) is 1. The number of furan rings is 1. The van der Waals surface area contributed by atoms with Gasteiger partial charge < -0.3 is 14.6 Å². The standard InChI is InChI=1S/C25H24N4O3/c1-17-9-7-10-18(2)24(17)26-23(30)16-28(3)25(31)21-15-20(22-13-8-14-32-22)27-29(21)19-11-5-4-6-12-19/h4-15H,16H2,1-3H3,(H,26,30). The van der Waals surface area contributed by atoms with E-state index in [0.717, 1.165) is 22.5 Å². The van der Waals surface area contributed by atoms with Crippen LogP contribution in [0.15, 0.2) is 77.4 Å². The fourth-order valence-electron chi connectivity index (χ4n) is 3.52. The number of aromatic nitrogens is 2. The average molecular weight is 428 g/mol. The second-order valence-corrected chi connectivity index (χ2v) is 7.62. The van der Waals surface area contributed by atoms with Crippen LogP contribution in [-0.2, 0) is 4.79 Å². The van der Waals surface area contributed by atoms with E-state index in [1.54, 1.807) is 36.2 Å². The Kier molecular flexibility index (Phi) is 5.89. The molecule has 0 saturated heterocycles. The first-order valence-electron chi connectivity index (χ1n) is 10.2. The van der Waals surface area contributed by atoms with Crippen molar-refractivity contribution in [3.8, 4) is 17.1 Å². The molecule has 2 aromatic heterocycles. The van der Waals surface area contributed by atoms with Crippen molar-refractivity contribution in [3.05, 3.63) is 89.8 Å². The van der Waals surface area contributed by atoms with E-state index >= 15 is 0 Å². The molecule has 32 heavy (non-hydrogen) atoms. The summed E-state index contributed by atoms with van der Waals surface area (Å²) in [5.41, 5.74) is 4.32. The van der Waals surface area contributed by atoms with Crippen molar-refractivity contribution in [1.82, 2.24) is 14.7 Å². The van der Waals surface area contributed by atoms with Gasteiger partial charge in [-0.3, -0.25) is 9.59 Å². The van der Waals surface area contributed by atoms with Gasteiger partial charge in [0.25, 0.3) is 5.91 Å². The maximum absolute atomic E-state index is 13.3. The molecule has 0 aliphatic carbocycles. The van der Waals surface area contributed by atoms with Crippen LogP contribution >= 0.6 is 0 Å². The van der Waals surface area contributed by atoms with Crippen molar-refractivity contribution in [2.75, 3.05) is 18.9 Å². The Morgan fingerprint density at radius 1 is 1.00 bits per heavy atom. The largest absolute Gasteiger partial charge is 0.463 e. The number of anilines is 1. The molecule has 7 heteroatoms. The van der Waals surface area contributed by atoms with Gasteiger partial charge >= 0.3 is 0 Å². The lowest BCUT2D eigenvalue weighted by Crippen LogP contribution is -2.36. The molecule has 0 radical (unpaired) electrons. The van der Waals surface area contributed by atoms with Crippen molar-refractivity contribution in [2.24, 2.45) is 0 Å². The highest BCUT2D eigenvalue weighted by atomic mass is 16.3. The van der Waals surface area contributed by atoms with E-state index in [-0.39, 0.29) is 18.4 Å². The fourth-order valence-corrected chi connectivity index (χ4v) is 3.52. The van der Waals surface area contributed by atoms with Gasteiger partial charge in [-0.15, -0.1) is 0 Å². The number of benzene rings is 2. The van der Waals surface area contributed by atoms with E-state index in [2.05, 4.69) is 10.4 Å². The zero-order chi connectivity index (χ0) is 22.7. The molecule has 0 fully saturated rings. The molecule has 0 aliphatic heterocycles. The van der Waals surface area contributed by atoms with Gasteiger partial charge in [0.05, 0.1) is 18.5 Å². The highest BCUT2D eigenvalue weighted by Gasteiger charge is 2.23. The molecule has 4 rings (SSSR count). The third-order valence-electron chi connectivity index (χ3n) is 5.18. The van der Waals surface area contributed by atoms with Crippen molar-refractivity contribution in [1.29, 1.82) is 0 Å². The maximum Gasteiger partial charge on any atom is 0.272 e. The van der Waals surface area contributed by atoms with Gasteiger partial charge in [0.1, 0.15) is 11.4 Å². The third kappa shape index (κ3) is 4.32. The number of rotatable bonds is 6. The summed E-state index contributed by atoms with van der Waals surface area (Å²) >= 11 is 0. The molecule has 0 spiro atoms. The summed E-state index contributed by atoms with van der Waals surface area (Å²) in [6.45, 7) is 3.78. The molecule has 2 aromatic carbocycles. The zero-order valence-electron chi connectivity index (χ0n) is 18.2. The topological polar surface area (TPSA) is 80.4 Å². The molecule has 7 nitrogen and oxygen atoms in total. The number of nitrogens with one attached hydrogen (secondary N) is 1. The van der Waals surface area contributed by atoms with Crippen LogP contribution in [0.3, 0.4) is 0 Å². The Balaban J connectivity index is 1.58. The zero-order valence-corrected chi connectivity index (χ0v) is 18.2. The summed E-state index contributed by atoms with van der Waals surface area (Å²) in [4.78, 5) is 27.3. The number of hydrogen-bond acceptors (Lipinski definition) is 4. The Bertz CT molecular complexity index is 1220. The normalized spacial score (nSPS) is 10.7. The summed E-state index contributed by atoms with van der Waals surface area (Å²) in [7, 11) is 1.60. The number of nitrogens with zero attached hydrogens (tertiary/aromatic N) is 3. The summed E-state index contributed by atoms with van der Waals surface area (Å²) in [5.74, 6) is -0.0322. The first-order valence-corrected chi connectivity index (χ1v) is 10.2. The van der Waals surface area contributed by atoms with E-state index in [0.29, 0.717) is 17.1 Å². The molecule has 162 valence electrons. The van der Waals surface area contributed by atoms with Crippen LogP contribution in [0.4, 0.5) is 5.69 Å². The molecule has 2 heterocycles. The van der Waals surface area contributed by atoms with Crippen LogP contribution in [0.25, 0.3) is 17.1 Å². The third-order valence-corrected chi connectivity index (χ3v) is 5.18. The second kappa shape index (κ2) is 8.93. The predicted molar refractivity (Wildman–Crippen MR) is 123 cm³/mol. The minimum absolute atomic E-state index is 0.0946. The lowest BCUT2D eigenvalue weighted by atomic mass is 10.1. The van der Waals surface area contributed by atoms with Gasteiger partial charge in [0.15, 0.2) is 5.76 Å². The smallest absolute Gasteiger partial charge is 0.272 e. The van der Waals surface area contributed by atoms with Crippen molar-refractivity contribution in [2.45, 2.75) is 13.8 Å². The first kappa shape index (κ1) is 21.1. The lowest BCUT2D eigenvalue weighted by Gasteiger charge is -2.18. The van der Waals surface area contributed by atoms with E-state index in [9.17, 15) is 9.59 Å². The summed E-state index contributed by atoms with van der Waals surface area (Å²) < 4.78 is 7.02. The van der Waals surface area contributed by atoms with Crippen molar-refractivity contribution in [3.63, 3.8) is 0 Å². The minimum Gasteiger partial charge on any atom is -0.463 e. The van der Waals surface area contributed by atoms with Crippen LogP contribution in [0.5, 0.6) is 0 Å². The van der Waals surface area contributed by atoms with E-state index in [1.807, 2.05) is 62.4 Å². The van der Waals surface area contributed by atoms with Crippen LogP contribution in [-0.4, -0.2) is 40.1 Å². The SMILES string of the molecule is Cc1cccc(C)c1NC(=O)CN(C)C(=O)c1cc(-c2ccco2)nn1-c1ccccc1. The van der Waals surface area contributed by atoms with Crippen molar-refractivity contribution < 1.29 is 14.0 Å². The Morgan fingerprint density at radius 2 is 1.72 bits per heavy atom. The summed E-state index contributed by atoms with van der Waals surface area (Å²) in [5, 5.41) is 7.49. The Labute approximate surface area is 186 Å². The molecule has 2 amide bonds. The number of carbonyl (C=O) groups is 2. The molecule has 0 atom stereocenters. The number of aryl methyl sites for hydroxylation is 2. The van der Waals surface area contributed by atoms with E-state index < -0.39 is 0 Å². The molecular formula is C25H24N4O3.